The number of nitrogens with one attached hydrogen (secondary N) is 1. The summed E-state index contributed by atoms with van der Waals surface area (Å²) in [6, 6.07) is 14.3. The van der Waals surface area contributed by atoms with E-state index in [0.717, 1.165) is 39.3 Å². The van der Waals surface area contributed by atoms with Gasteiger partial charge < -0.3 is 9.84 Å². The number of amides is 1. The van der Waals surface area contributed by atoms with Crippen LogP contribution in [0.25, 0.3) is 16.5 Å². The van der Waals surface area contributed by atoms with Gasteiger partial charge in [0.05, 0.1) is 23.6 Å². The fourth-order valence-electron chi connectivity index (χ4n) is 3.97. The molecule has 0 radical (unpaired) electrons. The van der Waals surface area contributed by atoms with E-state index in [4.69, 9.17) is 4.52 Å². The van der Waals surface area contributed by atoms with Crippen LogP contribution in [0.5, 0.6) is 0 Å². The molecule has 6 nitrogen and oxygen atoms in total. The Hall–Kier alpha value is -3.41. The van der Waals surface area contributed by atoms with Gasteiger partial charge in [0, 0.05) is 28.6 Å². The lowest BCUT2D eigenvalue weighted by Crippen LogP contribution is -2.27. The van der Waals surface area contributed by atoms with Crippen molar-refractivity contribution >= 4 is 16.7 Å². The van der Waals surface area contributed by atoms with E-state index in [1.54, 1.807) is 0 Å². The Labute approximate surface area is 175 Å². The maximum Gasteiger partial charge on any atom is 0.220 e. The third-order valence-corrected chi connectivity index (χ3v) is 5.67. The minimum Gasteiger partial charge on any atom is -0.361 e. The summed E-state index contributed by atoms with van der Waals surface area (Å²) in [5.41, 5.74) is 4.92. The zero-order valence-electron chi connectivity index (χ0n) is 17.8. The van der Waals surface area contributed by atoms with Gasteiger partial charge in [0.2, 0.25) is 5.91 Å². The maximum absolute atomic E-state index is 12.5. The summed E-state index contributed by atoms with van der Waals surface area (Å²) in [5.74, 6) is 0.778. The Kier molecular flexibility index (Phi) is 5.40. The van der Waals surface area contributed by atoms with Crippen molar-refractivity contribution in [3.05, 3.63) is 76.9 Å². The molecule has 30 heavy (non-hydrogen) atoms. The van der Waals surface area contributed by atoms with Gasteiger partial charge >= 0.3 is 0 Å². The summed E-state index contributed by atoms with van der Waals surface area (Å²) in [6.07, 6.45) is 2.86. The molecule has 0 aliphatic carbocycles. The predicted molar refractivity (Wildman–Crippen MR) is 117 cm³/mol. The molecule has 0 fully saturated rings. The Morgan fingerprint density at radius 2 is 1.90 bits per heavy atom. The number of carbonyl (C=O) groups is 1. The number of hydrogen-bond acceptors (Lipinski definition) is 4. The van der Waals surface area contributed by atoms with Crippen molar-refractivity contribution < 1.29 is 9.32 Å². The first kappa shape index (κ1) is 19.9. The van der Waals surface area contributed by atoms with Crippen LogP contribution < -0.4 is 5.32 Å². The Morgan fingerprint density at radius 1 is 1.13 bits per heavy atom. The van der Waals surface area contributed by atoms with E-state index in [2.05, 4.69) is 39.8 Å². The van der Waals surface area contributed by atoms with Crippen LogP contribution >= 0.6 is 0 Å². The van der Waals surface area contributed by atoms with Crippen molar-refractivity contribution in [1.82, 2.24) is 20.3 Å². The normalized spacial score (nSPS) is 12.3. The van der Waals surface area contributed by atoms with E-state index in [1.165, 1.54) is 5.39 Å². The highest BCUT2D eigenvalue weighted by atomic mass is 16.5. The predicted octanol–water partition coefficient (Wildman–Crippen LogP) is 4.75. The molecule has 2 heterocycles. The quantitative estimate of drug-likeness (QED) is 0.505. The lowest BCUT2D eigenvalue weighted by molar-refractivity contribution is -0.121. The van der Waals surface area contributed by atoms with Gasteiger partial charge in [0.1, 0.15) is 5.76 Å². The number of fused-ring (bicyclic) bond motifs is 1. The van der Waals surface area contributed by atoms with Crippen molar-refractivity contribution in [3.63, 3.8) is 0 Å². The second-order valence-corrected chi connectivity index (χ2v) is 7.69. The molecule has 0 unspecified atom stereocenters. The largest absolute Gasteiger partial charge is 0.361 e. The van der Waals surface area contributed by atoms with Gasteiger partial charge in [-0.2, -0.15) is 5.10 Å². The molecule has 6 heteroatoms. The van der Waals surface area contributed by atoms with Crippen LogP contribution in [-0.4, -0.2) is 20.8 Å². The molecule has 0 aliphatic rings. The summed E-state index contributed by atoms with van der Waals surface area (Å²) in [5, 5.41) is 14.0. The van der Waals surface area contributed by atoms with E-state index < -0.39 is 0 Å². The van der Waals surface area contributed by atoms with Crippen LogP contribution in [0.4, 0.5) is 0 Å². The first-order valence-corrected chi connectivity index (χ1v) is 10.2. The Bertz CT molecular complexity index is 1180. The Balaban J connectivity index is 1.50. The summed E-state index contributed by atoms with van der Waals surface area (Å²) in [4.78, 5) is 12.5. The zero-order valence-corrected chi connectivity index (χ0v) is 17.8. The third kappa shape index (κ3) is 3.73. The summed E-state index contributed by atoms with van der Waals surface area (Å²) >= 11 is 0. The minimum atomic E-state index is -0.133. The fourth-order valence-corrected chi connectivity index (χ4v) is 3.97. The van der Waals surface area contributed by atoms with Crippen molar-refractivity contribution in [2.75, 3.05) is 0 Å². The first-order valence-electron chi connectivity index (χ1n) is 10.2. The van der Waals surface area contributed by atoms with Crippen LogP contribution in [0.3, 0.4) is 0 Å². The number of nitrogens with zero attached hydrogens (tertiary/aromatic N) is 3. The second-order valence-electron chi connectivity index (χ2n) is 7.69. The van der Waals surface area contributed by atoms with E-state index in [0.29, 0.717) is 12.8 Å². The number of benzene rings is 2. The molecule has 0 bridgehead atoms. The van der Waals surface area contributed by atoms with Crippen LogP contribution in [0.15, 0.2) is 53.2 Å². The molecular formula is C24H26N4O2. The molecule has 1 atom stereocenters. The molecule has 154 valence electrons. The molecule has 0 saturated carbocycles. The number of aryl methyl sites for hydroxylation is 2. The maximum atomic E-state index is 12.5. The minimum absolute atomic E-state index is 0.000175. The van der Waals surface area contributed by atoms with Crippen LogP contribution in [0.1, 0.15) is 47.7 Å². The van der Waals surface area contributed by atoms with Gasteiger partial charge in [0.15, 0.2) is 0 Å². The molecule has 0 aliphatic heterocycles. The van der Waals surface area contributed by atoms with Crippen LogP contribution in [0, 0.1) is 20.8 Å². The average molecular weight is 402 g/mol. The molecule has 0 saturated heterocycles. The number of hydrogen-bond donors (Lipinski definition) is 1. The van der Waals surface area contributed by atoms with E-state index in [1.807, 2.05) is 56.8 Å². The summed E-state index contributed by atoms with van der Waals surface area (Å²) in [6.45, 7) is 7.81. The standard InChI is InChI=1S/C24H26N4O2/c1-15(26-24(29)13-12-20-16(2)27-30-18(20)4)22-14-25-28(17(22)3)23-11-7-9-19-8-5-6-10-21(19)23/h5-11,14-15H,12-13H2,1-4H3,(H,26,29)/t15-/m0/s1. The third-order valence-electron chi connectivity index (χ3n) is 5.67. The highest BCUT2D eigenvalue weighted by molar-refractivity contribution is 5.90. The van der Waals surface area contributed by atoms with Gasteiger partial charge in [-0.1, -0.05) is 41.6 Å². The number of carbonyl (C=O) groups excluding carboxylic acids is 1. The van der Waals surface area contributed by atoms with Crippen molar-refractivity contribution in [2.45, 2.75) is 46.6 Å². The number of rotatable bonds is 6. The van der Waals surface area contributed by atoms with Gasteiger partial charge in [-0.05, 0) is 45.6 Å². The van der Waals surface area contributed by atoms with Crippen molar-refractivity contribution in [3.8, 4) is 5.69 Å². The van der Waals surface area contributed by atoms with Crippen LogP contribution in [-0.2, 0) is 11.2 Å². The van der Waals surface area contributed by atoms with Crippen LogP contribution in [0.2, 0.25) is 0 Å². The molecular weight excluding hydrogens is 376 g/mol. The van der Waals surface area contributed by atoms with Gasteiger partial charge in [0.25, 0.3) is 0 Å². The molecule has 2 aromatic heterocycles. The number of aromatic nitrogens is 3. The molecule has 1 amide bonds. The summed E-state index contributed by atoms with van der Waals surface area (Å²) < 4.78 is 7.12. The SMILES string of the molecule is Cc1noc(C)c1CCC(=O)N[C@@H](C)c1cnn(-c2cccc3ccccc23)c1C. The molecule has 4 rings (SSSR count). The highest BCUT2D eigenvalue weighted by Gasteiger charge is 2.18. The lowest BCUT2D eigenvalue weighted by Gasteiger charge is -2.15. The smallest absolute Gasteiger partial charge is 0.220 e. The first-order chi connectivity index (χ1) is 14.5. The second kappa shape index (κ2) is 8.14. The van der Waals surface area contributed by atoms with Gasteiger partial charge in [-0.3, -0.25) is 4.79 Å². The molecule has 0 spiro atoms. The van der Waals surface area contributed by atoms with E-state index >= 15 is 0 Å². The highest BCUT2D eigenvalue weighted by Crippen LogP contribution is 2.26. The average Bonchev–Trinajstić information content (AvgIpc) is 3.27. The van der Waals surface area contributed by atoms with E-state index in [-0.39, 0.29) is 11.9 Å². The topological polar surface area (TPSA) is 73.0 Å². The lowest BCUT2D eigenvalue weighted by atomic mass is 10.1. The van der Waals surface area contributed by atoms with Crippen molar-refractivity contribution in [1.29, 1.82) is 0 Å². The van der Waals surface area contributed by atoms with E-state index in [9.17, 15) is 4.79 Å². The Morgan fingerprint density at radius 3 is 2.67 bits per heavy atom. The summed E-state index contributed by atoms with van der Waals surface area (Å²) in [7, 11) is 0. The molecule has 1 N–H and O–H groups in total. The monoisotopic (exact) mass is 402 g/mol. The zero-order chi connectivity index (χ0) is 21.3. The van der Waals surface area contributed by atoms with Gasteiger partial charge in [-0.25, -0.2) is 4.68 Å². The molecule has 4 aromatic rings. The van der Waals surface area contributed by atoms with Gasteiger partial charge in [-0.15, -0.1) is 0 Å². The molecule has 2 aromatic carbocycles. The fraction of sp³-hybridized carbons (Fsp3) is 0.292. The van der Waals surface area contributed by atoms with Crippen molar-refractivity contribution in [2.24, 2.45) is 0 Å².